The molecule has 1 aromatic carbocycles. The number of carbonyl (C=O) groups excluding carboxylic acids is 3. The molecule has 2 aliphatic heterocycles. The van der Waals surface area contributed by atoms with Crippen LogP contribution in [0.5, 0.6) is 0 Å². The van der Waals surface area contributed by atoms with Crippen molar-refractivity contribution in [2.45, 2.75) is 33.2 Å². The van der Waals surface area contributed by atoms with Crippen LogP contribution in [-0.4, -0.2) is 53.2 Å². The molecule has 2 N–H and O–H groups in total. The number of benzene rings is 1. The molecule has 1 saturated heterocycles. The summed E-state index contributed by atoms with van der Waals surface area (Å²) in [5, 5.41) is 0. The van der Waals surface area contributed by atoms with Crippen molar-refractivity contribution < 1.29 is 14.4 Å². The summed E-state index contributed by atoms with van der Waals surface area (Å²) in [6, 6.07) is 4.35. The Bertz CT molecular complexity index is 736. The molecule has 25 heavy (non-hydrogen) atoms. The molecular weight excluding hydrogens is 342 g/mol. The van der Waals surface area contributed by atoms with Gasteiger partial charge in [-0.25, -0.2) is 0 Å². The van der Waals surface area contributed by atoms with E-state index >= 15 is 0 Å². The molecule has 0 spiro atoms. The van der Waals surface area contributed by atoms with Crippen molar-refractivity contribution in [2.24, 2.45) is 11.1 Å². The second-order valence-electron chi connectivity index (χ2n) is 7.23. The average molecular weight is 366 g/mol. The van der Waals surface area contributed by atoms with Gasteiger partial charge in [0.2, 0.25) is 5.91 Å². The Morgan fingerprint density at radius 1 is 1.28 bits per heavy atom. The van der Waals surface area contributed by atoms with E-state index in [2.05, 4.69) is 6.92 Å². The van der Waals surface area contributed by atoms with Gasteiger partial charge in [0.05, 0.1) is 11.1 Å². The molecule has 3 amide bonds. The molecule has 0 radical (unpaired) electrons. The molecule has 0 aromatic heterocycles. The molecule has 6 nitrogen and oxygen atoms in total. The van der Waals surface area contributed by atoms with Crippen LogP contribution in [-0.2, 0) is 4.79 Å². The highest BCUT2D eigenvalue weighted by atomic mass is 35.5. The van der Waals surface area contributed by atoms with Crippen molar-refractivity contribution in [2.75, 3.05) is 19.6 Å². The second-order valence-corrected chi connectivity index (χ2v) is 7.23. The summed E-state index contributed by atoms with van der Waals surface area (Å²) >= 11 is 0. The van der Waals surface area contributed by atoms with Crippen LogP contribution in [0.4, 0.5) is 0 Å². The van der Waals surface area contributed by atoms with E-state index in [1.54, 1.807) is 30.0 Å². The number of nitrogens with two attached hydrogens (primary N) is 1. The predicted octanol–water partition coefficient (Wildman–Crippen LogP) is 1.60. The number of halogens is 1. The van der Waals surface area contributed by atoms with E-state index in [0.717, 1.165) is 16.9 Å². The van der Waals surface area contributed by atoms with Gasteiger partial charge in [0.1, 0.15) is 6.04 Å². The van der Waals surface area contributed by atoms with Gasteiger partial charge in [-0.15, -0.1) is 12.4 Å². The van der Waals surface area contributed by atoms with Crippen molar-refractivity contribution in [3.05, 3.63) is 34.9 Å². The van der Waals surface area contributed by atoms with Crippen molar-refractivity contribution >= 4 is 30.1 Å². The van der Waals surface area contributed by atoms with Crippen molar-refractivity contribution in [1.29, 1.82) is 0 Å². The third-order valence-corrected chi connectivity index (χ3v) is 5.18. The van der Waals surface area contributed by atoms with E-state index in [1.165, 1.54) is 0 Å². The number of imide groups is 1. The summed E-state index contributed by atoms with van der Waals surface area (Å²) in [7, 11) is 0. The minimum Gasteiger partial charge on any atom is -0.340 e. The van der Waals surface area contributed by atoms with Gasteiger partial charge in [-0.1, -0.05) is 18.6 Å². The van der Waals surface area contributed by atoms with E-state index < -0.39 is 11.9 Å². The predicted molar refractivity (Wildman–Crippen MR) is 96.7 cm³/mol. The smallest absolute Gasteiger partial charge is 0.262 e. The standard InChI is InChI=1S/C18H23N3O3.ClH/c1-11-4-5-13-14(8-11)17(24)21(16(13)23)12(2)15(22)20-7-6-18(3,9-19)10-20;/h4-5,8,12H,6-7,9-10,19H2,1-3H3;1H. The summed E-state index contributed by atoms with van der Waals surface area (Å²) in [5.41, 5.74) is 7.37. The SMILES string of the molecule is Cc1ccc2c(c1)C(=O)N(C(C)C(=O)N1CCC(C)(CN)C1)C2=O.Cl. The molecule has 0 saturated carbocycles. The van der Waals surface area contributed by atoms with Crippen molar-refractivity contribution in [3.8, 4) is 0 Å². The van der Waals surface area contributed by atoms with Crippen LogP contribution in [0, 0.1) is 12.3 Å². The van der Waals surface area contributed by atoms with Crippen LogP contribution in [0.3, 0.4) is 0 Å². The van der Waals surface area contributed by atoms with Gasteiger partial charge in [0.15, 0.2) is 0 Å². The number of rotatable bonds is 3. The van der Waals surface area contributed by atoms with Crippen LogP contribution in [0.2, 0.25) is 0 Å². The summed E-state index contributed by atoms with van der Waals surface area (Å²) in [6.45, 7) is 7.23. The monoisotopic (exact) mass is 365 g/mol. The number of amides is 3. The van der Waals surface area contributed by atoms with Crippen molar-refractivity contribution in [1.82, 2.24) is 9.80 Å². The first kappa shape index (κ1) is 19.4. The van der Waals surface area contributed by atoms with E-state index in [1.807, 2.05) is 6.92 Å². The topological polar surface area (TPSA) is 83.7 Å². The van der Waals surface area contributed by atoms with Gasteiger partial charge >= 0.3 is 0 Å². The van der Waals surface area contributed by atoms with Crippen LogP contribution >= 0.6 is 12.4 Å². The van der Waals surface area contributed by atoms with E-state index in [0.29, 0.717) is 30.8 Å². The number of carbonyl (C=O) groups is 3. The molecule has 2 aliphatic rings. The third kappa shape index (κ3) is 3.16. The maximum atomic E-state index is 12.8. The molecule has 0 aliphatic carbocycles. The molecule has 2 heterocycles. The fraction of sp³-hybridized carbons (Fsp3) is 0.500. The molecule has 136 valence electrons. The van der Waals surface area contributed by atoms with Crippen LogP contribution in [0.1, 0.15) is 46.5 Å². The molecule has 1 fully saturated rings. The lowest BCUT2D eigenvalue weighted by molar-refractivity contribution is -0.134. The van der Waals surface area contributed by atoms with Gasteiger partial charge in [-0.3, -0.25) is 19.3 Å². The first-order valence-electron chi connectivity index (χ1n) is 8.25. The van der Waals surface area contributed by atoms with Crippen molar-refractivity contribution in [3.63, 3.8) is 0 Å². The average Bonchev–Trinajstić information content (AvgIpc) is 3.06. The summed E-state index contributed by atoms with van der Waals surface area (Å²) in [5.74, 6) is -0.977. The lowest BCUT2D eigenvalue weighted by Gasteiger charge is -2.28. The second kappa shape index (κ2) is 6.77. The highest BCUT2D eigenvalue weighted by Crippen LogP contribution is 2.31. The number of hydrogen-bond acceptors (Lipinski definition) is 4. The third-order valence-electron chi connectivity index (χ3n) is 5.18. The number of nitrogens with zero attached hydrogens (tertiary/aromatic N) is 2. The van der Waals surface area contributed by atoms with E-state index in [4.69, 9.17) is 5.73 Å². The molecule has 2 atom stereocenters. The number of hydrogen-bond donors (Lipinski definition) is 1. The number of likely N-dealkylation sites (tertiary alicyclic amines) is 1. The van der Waals surface area contributed by atoms with E-state index in [-0.39, 0.29) is 29.6 Å². The molecule has 0 bridgehead atoms. The van der Waals surface area contributed by atoms with Crippen LogP contribution < -0.4 is 5.73 Å². The Labute approximate surface area is 153 Å². The minimum atomic E-state index is -0.808. The molecule has 7 heteroatoms. The largest absolute Gasteiger partial charge is 0.340 e. The highest BCUT2D eigenvalue weighted by Gasteiger charge is 2.44. The fourth-order valence-electron chi connectivity index (χ4n) is 3.48. The van der Waals surface area contributed by atoms with Gasteiger partial charge in [0.25, 0.3) is 11.8 Å². The summed E-state index contributed by atoms with van der Waals surface area (Å²) < 4.78 is 0. The van der Waals surface area contributed by atoms with Gasteiger partial charge in [-0.05, 0) is 44.4 Å². The minimum absolute atomic E-state index is 0. The van der Waals surface area contributed by atoms with Crippen LogP contribution in [0.25, 0.3) is 0 Å². The fourth-order valence-corrected chi connectivity index (χ4v) is 3.48. The van der Waals surface area contributed by atoms with Gasteiger partial charge in [-0.2, -0.15) is 0 Å². The molecule has 1 aromatic rings. The zero-order valence-corrected chi connectivity index (χ0v) is 15.6. The lowest BCUT2D eigenvalue weighted by atomic mass is 9.90. The Morgan fingerprint density at radius 2 is 1.92 bits per heavy atom. The quantitative estimate of drug-likeness (QED) is 0.824. The van der Waals surface area contributed by atoms with Gasteiger partial charge in [0, 0.05) is 13.1 Å². The van der Waals surface area contributed by atoms with E-state index in [9.17, 15) is 14.4 Å². The Balaban J connectivity index is 0.00000225. The normalized spacial score (nSPS) is 23.5. The first-order valence-corrected chi connectivity index (χ1v) is 8.25. The number of fused-ring (bicyclic) bond motifs is 1. The Kier molecular flexibility index (Phi) is 5.25. The van der Waals surface area contributed by atoms with Gasteiger partial charge < -0.3 is 10.6 Å². The zero-order valence-electron chi connectivity index (χ0n) is 14.7. The molecule has 2 unspecified atom stereocenters. The molecular formula is C18H24ClN3O3. The summed E-state index contributed by atoms with van der Waals surface area (Å²) in [6.07, 6.45) is 0.837. The summed E-state index contributed by atoms with van der Waals surface area (Å²) in [4.78, 5) is 40.8. The van der Waals surface area contributed by atoms with Crippen LogP contribution in [0.15, 0.2) is 18.2 Å². The highest BCUT2D eigenvalue weighted by molar-refractivity contribution is 6.22. The molecule has 3 rings (SSSR count). The Hall–Kier alpha value is -1.92. The first-order chi connectivity index (χ1) is 11.3. The Morgan fingerprint density at radius 3 is 2.52 bits per heavy atom. The number of aryl methyl sites for hydroxylation is 1. The zero-order chi connectivity index (χ0) is 17.6. The lowest BCUT2D eigenvalue weighted by Crippen LogP contribution is -2.49. The maximum Gasteiger partial charge on any atom is 0.262 e. The maximum absolute atomic E-state index is 12.8.